The van der Waals surface area contributed by atoms with E-state index in [1.165, 1.54) is 38.9 Å². The summed E-state index contributed by atoms with van der Waals surface area (Å²) in [7, 11) is 0. The minimum absolute atomic E-state index is 0.675. The number of likely N-dealkylation sites (N-methyl/N-ethyl adjacent to an activating group) is 1. The van der Waals surface area contributed by atoms with Crippen LogP contribution in [0, 0.1) is 0 Å². The van der Waals surface area contributed by atoms with Crippen LogP contribution in [0.2, 0.25) is 0 Å². The Hall–Kier alpha value is -0.120. The van der Waals surface area contributed by atoms with Crippen LogP contribution in [-0.4, -0.2) is 60.6 Å². The second kappa shape index (κ2) is 6.17. The summed E-state index contributed by atoms with van der Waals surface area (Å²) in [5.74, 6) is 0. The molecule has 2 rings (SSSR count). The van der Waals surface area contributed by atoms with E-state index in [0.717, 1.165) is 25.2 Å². The van der Waals surface area contributed by atoms with E-state index in [9.17, 15) is 0 Å². The first-order valence-electron chi connectivity index (χ1n) is 7.43. The fourth-order valence-corrected chi connectivity index (χ4v) is 3.46. The van der Waals surface area contributed by atoms with Crippen molar-refractivity contribution >= 4 is 0 Å². The van der Waals surface area contributed by atoms with Gasteiger partial charge in [0, 0.05) is 37.8 Å². The second-order valence-electron chi connectivity index (χ2n) is 5.85. The Morgan fingerprint density at radius 2 is 2.12 bits per heavy atom. The van der Waals surface area contributed by atoms with Crippen molar-refractivity contribution in [1.82, 2.24) is 15.1 Å². The third kappa shape index (κ3) is 3.21. The zero-order valence-corrected chi connectivity index (χ0v) is 11.8. The Bertz CT molecular complexity index is 228. The molecule has 3 heteroatoms. The van der Waals surface area contributed by atoms with Gasteiger partial charge in [0.05, 0.1) is 0 Å². The molecule has 3 unspecified atom stereocenters. The highest BCUT2D eigenvalue weighted by molar-refractivity contribution is 4.91. The smallest absolute Gasteiger partial charge is 0.0224 e. The summed E-state index contributed by atoms with van der Waals surface area (Å²) in [4.78, 5) is 5.44. The molecule has 2 aliphatic heterocycles. The van der Waals surface area contributed by atoms with E-state index in [1.54, 1.807) is 0 Å². The quantitative estimate of drug-likeness (QED) is 0.803. The first-order chi connectivity index (χ1) is 8.22. The Balaban J connectivity index is 1.89. The maximum absolute atomic E-state index is 3.48. The third-order valence-electron chi connectivity index (χ3n) is 4.49. The molecule has 3 atom stereocenters. The van der Waals surface area contributed by atoms with Crippen molar-refractivity contribution in [3.05, 3.63) is 0 Å². The van der Waals surface area contributed by atoms with E-state index < -0.39 is 0 Å². The maximum atomic E-state index is 3.48. The van der Waals surface area contributed by atoms with E-state index >= 15 is 0 Å². The van der Waals surface area contributed by atoms with Crippen LogP contribution in [0.15, 0.2) is 0 Å². The van der Waals surface area contributed by atoms with E-state index in [2.05, 4.69) is 35.9 Å². The second-order valence-corrected chi connectivity index (χ2v) is 5.85. The largest absolute Gasteiger partial charge is 0.315 e. The molecule has 0 spiro atoms. The summed E-state index contributed by atoms with van der Waals surface area (Å²) in [6, 6.07) is 2.23. The van der Waals surface area contributed by atoms with E-state index in [0.29, 0.717) is 6.04 Å². The first-order valence-corrected chi connectivity index (χ1v) is 7.43. The molecule has 0 aromatic carbocycles. The summed E-state index contributed by atoms with van der Waals surface area (Å²) in [5.41, 5.74) is 0. The Morgan fingerprint density at radius 3 is 2.88 bits per heavy atom. The highest BCUT2D eigenvalue weighted by Gasteiger charge is 2.34. The summed E-state index contributed by atoms with van der Waals surface area (Å²) in [5, 5.41) is 3.48. The van der Waals surface area contributed by atoms with Crippen LogP contribution in [0.25, 0.3) is 0 Å². The molecule has 0 aromatic rings. The number of hydrogen-bond donors (Lipinski definition) is 1. The van der Waals surface area contributed by atoms with E-state index in [4.69, 9.17) is 0 Å². The van der Waals surface area contributed by atoms with Crippen molar-refractivity contribution in [2.75, 3.05) is 32.7 Å². The topological polar surface area (TPSA) is 18.5 Å². The summed E-state index contributed by atoms with van der Waals surface area (Å²) in [6.07, 6.45) is 4.26. The number of nitrogens with zero attached hydrogens (tertiary/aromatic N) is 2. The van der Waals surface area contributed by atoms with Crippen molar-refractivity contribution in [1.29, 1.82) is 0 Å². The molecule has 0 saturated carbocycles. The average molecular weight is 239 g/mol. The molecular formula is C14H29N3. The van der Waals surface area contributed by atoms with Crippen LogP contribution in [0.5, 0.6) is 0 Å². The molecule has 0 aliphatic carbocycles. The first kappa shape index (κ1) is 13.3. The lowest BCUT2D eigenvalue weighted by Gasteiger charge is -2.49. The molecule has 0 bridgehead atoms. The zero-order chi connectivity index (χ0) is 12.3. The molecule has 0 amide bonds. The Labute approximate surface area is 107 Å². The van der Waals surface area contributed by atoms with Gasteiger partial charge in [-0.15, -0.1) is 0 Å². The maximum Gasteiger partial charge on any atom is 0.0224 e. The number of hydrogen-bond acceptors (Lipinski definition) is 3. The molecule has 17 heavy (non-hydrogen) atoms. The molecule has 0 radical (unpaired) electrons. The standard InChI is InChI=1S/C14H29N3/c1-4-15-9-12(2)17-11-14-7-5-6-8-16(14)10-13(17)3/h12-15H,4-11H2,1-3H3. The van der Waals surface area contributed by atoms with E-state index in [-0.39, 0.29) is 0 Å². The molecule has 2 saturated heterocycles. The minimum atomic E-state index is 0.675. The van der Waals surface area contributed by atoms with Gasteiger partial charge in [-0.25, -0.2) is 0 Å². The summed E-state index contributed by atoms with van der Waals surface area (Å²) >= 11 is 0. The van der Waals surface area contributed by atoms with Crippen LogP contribution in [0.3, 0.4) is 0 Å². The molecule has 2 fully saturated rings. The normalized spacial score (nSPS) is 33.4. The third-order valence-corrected chi connectivity index (χ3v) is 4.49. The summed E-state index contributed by atoms with van der Waals surface area (Å²) in [6.45, 7) is 13.1. The van der Waals surface area contributed by atoms with Crippen LogP contribution in [0.4, 0.5) is 0 Å². The number of piperazine rings is 1. The van der Waals surface area contributed by atoms with Crippen molar-refractivity contribution < 1.29 is 0 Å². The lowest BCUT2D eigenvalue weighted by atomic mass is 9.96. The molecule has 2 aliphatic rings. The number of piperidine rings is 1. The van der Waals surface area contributed by atoms with Gasteiger partial charge in [0.1, 0.15) is 0 Å². The van der Waals surface area contributed by atoms with Crippen molar-refractivity contribution in [2.45, 2.75) is 58.2 Å². The Morgan fingerprint density at radius 1 is 1.29 bits per heavy atom. The van der Waals surface area contributed by atoms with Gasteiger partial charge in [-0.2, -0.15) is 0 Å². The van der Waals surface area contributed by atoms with Gasteiger partial charge in [-0.1, -0.05) is 13.3 Å². The van der Waals surface area contributed by atoms with Crippen molar-refractivity contribution in [2.24, 2.45) is 0 Å². The molecule has 0 aromatic heterocycles. The van der Waals surface area contributed by atoms with Gasteiger partial charge in [0.15, 0.2) is 0 Å². The predicted molar refractivity (Wildman–Crippen MR) is 73.4 cm³/mol. The van der Waals surface area contributed by atoms with Gasteiger partial charge in [0.25, 0.3) is 0 Å². The predicted octanol–water partition coefficient (Wildman–Crippen LogP) is 1.54. The highest BCUT2D eigenvalue weighted by atomic mass is 15.3. The molecule has 100 valence electrons. The van der Waals surface area contributed by atoms with Gasteiger partial charge < -0.3 is 5.32 Å². The SMILES string of the molecule is CCNCC(C)N1CC2CCCCN2CC1C. The minimum Gasteiger partial charge on any atom is -0.315 e. The lowest BCUT2D eigenvalue weighted by molar-refractivity contribution is -0.00362. The van der Waals surface area contributed by atoms with Crippen LogP contribution < -0.4 is 5.32 Å². The number of fused-ring (bicyclic) bond motifs is 1. The zero-order valence-electron chi connectivity index (χ0n) is 11.8. The van der Waals surface area contributed by atoms with Crippen LogP contribution >= 0.6 is 0 Å². The molecule has 1 N–H and O–H groups in total. The van der Waals surface area contributed by atoms with Gasteiger partial charge in [-0.3, -0.25) is 9.80 Å². The number of rotatable bonds is 4. The fraction of sp³-hybridized carbons (Fsp3) is 1.00. The van der Waals surface area contributed by atoms with Gasteiger partial charge in [-0.05, 0) is 39.8 Å². The molecule has 2 heterocycles. The molecular weight excluding hydrogens is 210 g/mol. The van der Waals surface area contributed by atoms with Gasteiger partial charge >= 0.3 is 0 Å². The highest BCUT2D eigenvalue weighted by Crippen LogP contribution is 2.25. The lowest BCUT2D eigenvalue weighted by Crippen LogP contribution is -2.61. The van der Waals surface area contributed by atoms with Crippen molar-refractivity contribution in [3.8, 4) is 0 Å². The van der Waals surface area contributed by atoms with Crippen LogP contribution in [0.1, 0.15) is 40.0 Å². The fourth-order valence-electron chi connectivity index (χ4n) is 3.46. The van der Waals surface area contributed by atoms with E-state index in [1.807, 2.05) is 0 Å². The monoisotopic (exact) mass is 239 g/mol. The summed E-state index contributed by atoms with van der Waals surface area (Å²) < 4.78 is 0. The Kier molecular flexibility index (Phi) is 4.83. The van der Waals surface area contributed by atoms with Crippen molar-refractivity contribution in [3.63, 3.8) is 0 Å². The van der Waals surface area contributed by atoms with Gasteiger partial charge in [0.2, 0.25) is 0 Å². The molecule has 3 nitrogen and oxygen atoms in total. The van der Waals surface area contributed by atoms with Crippen LogP contribution in [-0.2, 0) is 0 Å². The average Bonchev–Trinajstić information content (AvgIpc) is 2.35. The number of nitrogens with one attached hydrogen (secondary N) is 1.